The molecule has 0 bridgehead atoms. The first-order valence-corrected chi connectivity index (χ1v) is 4.83. The molecule has 0 saturated carbocycles. The molecular formula is C9H13N3O4. The average Bonchev–Trinajstić information content (AvgIpc) is 2.71. The zero-order valence-electron chi connectivity index (χ0n) is 9.34. The number of rotatable bonds is 4. The van der Waals surface area contributed by atoms with Crippen LogP contribution in [0.5, 0.6) is 0 Å². The summed E-state index contributed by atoms with van der Waals surface area (Å²) in [7, 11) is 1.16. The van der Waals surface area contributed by atoms with Gasteiger partial charge in [-0.25, -0.2) is 4.79 Å². The van der Waals surface area contributed by atoms with Gasteiger partial charge in [-0.15, -0.1) is 0 Å². The van der Waals surface area contributed by atoms with E-state index in [1.165, 1.54) is 10.9 Å². The van der Waals surface area contributed by atoms with Crippen molar-refractivity contribution in [1.29, 1.82) is 0 Å². The Morgan fingerprint density at radius 2 is 2.38 bits per heavy atom. The van der Waals surface area contributed by atoms with Crippen molar-refractivity contribution in [3.8, 4) is 0 Å². The zero-order chi connectivity index (χ0) is 12.3. The maximum absolute atomic E-state index is 11.3. The summed E-state index contributed by atoms with van der Waals surface area (Å²) in [5.41, 5.74) is -0.583. The number of aromatic nitrogens is 2. The van der Waals surface area contributed by atoms with Crippen LogP contribution in [0.3, 0.4) is 0 Å². The minimum absolute atomic E-state index is 0.00268. The van der Waals surface area contributed by atoms with Crippen LogP contribution in [0.25, 0.3) is 0 Å². The van der Waals surface area contributed by atoms with Gasteiger partial charge in [-0.1, -0.05) is 6.92 Å². The molecule has 88 valence electrons. The van der Waals surface area contributed by atoms with Crippen LogP contribution in [0.1, 0.15) is 36.8 Å². The maximum Gasteiger partial charge on any atom is 0.365 e. The molecule has 1 heterocycles. The van der Waals surface area contributed by atoms with E-state index in [1.54, 1.807) is 0 Å². The molecule has 0 aliphatic rings. The van der Waals surface area contributed by atoms with Crippen LogP contribution < -0.4 is 0 Å². The third kappa shape index (κ3) is 2.18. The average molecular weight is 227 g/mol. The first-order valence-electron chi connectivity index (χ1n) is 4.83. The van der Waals surface area contributed by atoms with E-state index in [0.29, 0.717) is 0 Å². The highest BCUT2D eigenvalue weighted by Crippen LogP contribution is 2.21. The highest BCUT2D eigenvalue weighted by atomic mass is 16.6. The van der Waals surface area contributed by atoms with Crippen molar-refractivity contribution in [2.45, 2.75) is 26.3 Å². The minimum atomic E-state index is -0.797. The number of esters is 1. The number of ether oxygens (including phenoxy) is 1. The predicted molar refractivity (Wildman–Crippen MR) is 55.2 cm³/mol. The Morgan fingerprint density at radius 1 is 1.75 bits per heavy atom. The van der Waals surface area contributed by atoms with E-state index in [0.717, 1.165) is 13.5 Å². The van der Waals surface area contributed by atoms with Gasteiger partial charge in [0.2, 0.25) is 5.69 Å². The topological polar surface area (TPSA) is 87.3 Å². The number of nitrogens with zero attached hydrogens (tertiary/aromatic N) is 3. The van der Waals surface area contributed by atoms with Crippen molar-refractivity contribution in [1.82, 2.24) is 9.78 Å². The molecule has 1 aromatic heterocycles. The fourth-order valence-corrected chi connectivity index (χ4v) is 1.17. The molecule has 1 aromatic rings. The summed E-state index contributed by atoms with van der Waals surface area (Å²) in [5, 5.41) is 14.6. The molecule has 0 aliphatic heterocycles. The molecule has 0 spiro atoms. The molecule has 0 aromatic carbocycles. The maximum atomic E-state index is 11.3. The molecule has 7 nitrogen and oxygen atoms in total. The van der Waals surface area contributed by atoms with Gasteiger partial charge in [0, 0.05) is 6.04 Å². The summed E-state index contributed by atoms with van der Waals surface area (Å²) >= 11 is 0. The second kappa shape index (κ2) is 4.73. The number of hydrogen-bond donors (Lipinski definition) is 0. The highest BCUT2D eigenvalue weighted by Gasteiger charge is 2.27. The largest absolute Gasteiger partial charge is 0.464 e. The Morgan fingerprint density at radius 3 is 2.81 bits per heavy atom. The van der Waals surface area contributed by atoms with Crippen LogP contribution in [-0.2, 0) is 4.74 Å². The first kappa shape index (κ1) is 12.2. The molecule has 0 unspecified atom stereocenters. The lowest BCUT2D eigenvalue weighted by molar-refractivity contribution is -0.385. The van der Waals surface area contributed by atoms with Crippen LogP contribution in [0.4, 0.5) is 5.69 Å². The molecule has 0 amide bonds. The smallest absolute Gasteiger partial charge is 0.365 e. The molecule has 0 radical (unpaired) electrons. The Bertz CT molecular complexity index is 413. The van der Waals surface area contributed by atoms with E-state index >= 15 is 0 Å². The van der Waals surface area contributed by atoms with Crippen LogP contribution in [0.15, 0.2) is 6.20 Å². The fraction of sp³-hybridized carbons (Fsp3) is 0.556. The van der Waals surface area contributed by atoms with E-state index in [9.17, 15) is 14.9 Å². The third-order valence-corrected chi connectivity index (χ3v) is 2.33. The van der Waals surface area contributed by atoms with Crippen LogP contribution in [-0.4, -0.2) is 27.8 Å². The second-order valence-electron chi connectivity index (χ2n) is 3.35. The normalized spacial score (nSPS) is 12.2. The van der Waals surface area contributed by atoms with Crippen LogP contribution >= 0.6 is 0 Å². The van der Waals surface area contributed by atoms with Crippen LogP contribution in [0, 0.1) is 10.1 Å². The van der Waals surface area contributed by atoms with Gasteiger partial charge in [0.25, 0.3) is 0 Å². The second-order valence-corrected chi connectivity index (χ2v) is 3.35. The first-order chi connectivity index (χ1) is 7.51. The van der Waals surface area contributed by atoms with Crippen molar-refractivity contribution in [2.75, 3.05) is 7.11 Å². The standard InChI is InChI=1S/C9H13N3O4/c1-4-6(2)11-5-7(12(14)15)8(10-11)9(13)16-3/h5-6H,4H2,1-3H3/t6-/m1/s1. The number of hydrogen-bond acceptors (Lipinski definition) is 5. The number of carbonyl (C=O) groups excluding carboxylic acids is 1. The van der Waals surface area contributed by atoms with Crippen molar-refractivity contribution in [2.24, 2.45) is 0 Å². The van der Waals surface area contributed by atoms with Gasteiger partial charge in [-0.05, 0) is 13.3 Å². The minimum Gasteiger partial charge on any atom is -0.464 e. The lowest BCUT2D eigenvalue weighted by Gasteiger charge is -2.06. The molecule has 0 fully saturated rings. The summed E-state index contributed by atoms with van der Waals surface area (Å²) in [5.74, 6) is -0.797. The van der Waals surface area contributed by atoms with Gasteiger partial charge in [-0.3, -0.25) is 14.8 Å². The van der Waals surface area contributed by atoms with E-state index in [2.05, 4.69) is 9.84 Å². The van der Waals surface area contributed by atoms with Crippen molar-refractivity contribution in [3.63, 3.8) is 0 Å². The Kier molecular flexibility index (Phi) is 3.60. The Labute approximate surface area is 92.2 Å². The van der Waals surface area contributed by atoms with E-state index in [4.69, 9.17) is 0 Å². The monoisotopic (exact) mass is 227 g/mol. The van der Waals surface area contributed by atoms with Gasteiger partial charge in [-0.2, -0.15) is 5.10 Å². The summed E-state index contributed by atoms with van der Waals surface area (Å²) in [6.45, 7) is 3.79. The van der Waals surface area contributed by atoms with Crippen molar-refractivity contribution >= 4 is 11.7 Å². The fourth-order valence-electron chi connectivity index (χ4n) is 1.17. The van der Waals surface area contributed by atoms with Gasteiger partial charge in [0.15, 0.2) is 0 Å². The van der Waals surface area contributed by atoms with Gasteiger partial charge >= 0.3 is 11.7 Å². The van der Waals surface area contributed by atoms with Crippen molar-refractivity contribution in [3.05, 3.63) is 22.0 Å². The lowest BCUT2D eigenvalue weighted by Crippen LogP contribution is -2.08. The molecule has 0 N–H and O–H groups in total. The quantitative estimate of drug-likeness (QED) is 0.442. The number of nitro groups is 1. The van der Waals surface area contributed by atoms with E-state index < -0.39 is 10.9 Å². The zero-order valence-corrected chi connectivity index (χ0v) is 9.34. The third-order valence-electron chi connectivity index (χ3n) is 2.33. The molecular weight excluding hydrogens is 214 g/mol. The highest BCUT2D eigenvalue weighted by molar-refractivity contribution is 5.91. The van der Waals surface area contributed by atoms with Crippen LogP contribution in [0.2, 0.25) is 0 Å². The summed E-state index contributed by atoms with van der Waals surface area (Å²) < 4.78 is 5.84. The molecule has 0 saturated heterocycles. The SMILES string of the molecule is CC[C@@H](C)n1cc([N+](=O)[O-])c(C(=O)OC)n1. The number of methoxy groups -OCH3 is 1. The van der Waals surface area contributed by atoms with E-state index in [1.807, 2.05) is 13.8 Å². The Hall–Kier alpha value is -1.92. The lowest BCUT2D eigenvalue weighted by atomic mass is 10.3. The molecule has 16 heavy (non-hydrogen) atoms. The molecule has 1 rings (SSSR count). The molecule has 7 heteroatoms. The summed E-state index contributed by atoms with van der Waals surface area (Å²) in [4.78, 5) is 21.3. The van der Waals surface area contributed by atoms with E-state index in [-0.39, 0.29) is 17.4 Å². The summed E-state index contributed by atoms with van der Waals surface area (Å²) in [6.07, 6.45) is 2.01. The predicted octanol–water partition coefficient (Wildman–Crippen LogP) is 1.55. The molecule has 1 atom stereocenters. The number of carbonyl (C=O) groups is 1. The van der Waals surface area contributed by atoms with Crippen molar-refractivity contribution < 1.29 is 14.5 Å². The van der Waals surface area contributed by atoms with Gasteiger partial charge < -0.3 is 4.74 Å². The van der Waals surface area contributed by atoms with Gasteiger partial charge in [0.05, 0.1) is 12.0 Å². The Balaban J connectivity index is 3.20. The summed E-state index contributed by atoms with van der Waals surface area (Å²) in [6, 6.07) is -0.00268. The van der Waals surface area contributed by atoms with Gasteiger partial charge in [0.1, 0.15) is 6.20 Å². The molecule has 0 aliphatic carbocycles.